The van der Waals surface area contributed by atoms with E-state index < -0.39 is 11.0 Å². The van der Waals surface area contributed by atoms with E-state index in [4.69, 9.17) is 10.00 Å². The summed E-state index contributed by atoms with van der Waals surface area (Å²) in [5.74, 6) is 0.732. The third-order valence-corrected chi connectivity index (χ3v) is 2.87. The van der Waals surface area contributed by atoms with Gasteiger partial charge in [0.25, 0.3) is 5.69 Å². The molecule has 2 aromatic carbocycles. The van der Waals surface area contributed by atoms with Crippen molar-refractivity contribution < 1.29 is 14.8 Å². The number of rotatable bonds is 4. The summed E-state index contributed by atoms with van der Waals surface area (Å²) in [5, 5.41) is 29.2. The summed E-state index contributed by atoms with van der Waals surface area (Å²) in [6.45, 7) is 1.59. The van der Waals surface area contributed by atoms with Crippen molar-refractivity contribution >= 4 is 5.69 Å². The molecule has 0 spiro atoms. The number of ether oxygens (including phenoxy) is 1. The normalized spacial score (nSPS) is 11.5. The van der Waals surface area contributed by atoms with E-state index in [9.17, 15) is 15.2 Å². The van der Waals surface area contributed by atoms with Crippen molar-refractivity contribution in [2.24, 2.45) is 0 Å². The van der Waals surface area contributed by atoms with Crippen LogP contribution in [0.25, 0.3) is 0 Å². The maximum atomic E-state index is 10.6. The standard InChI is InChI=1S/C15H12N2O4/c1-10(18)14-7-2-11(9-16)8-15(14)21-13-5-3-12(4-6-13)17(19)20/h2-8,10,18H,1H3/t10-/m1/s1. The fourth-order valence-electron chi connectivity index (χ4n) is 1.80. The Morgan fingerprint density at radius 2 is 1.95 bits per heavy atom. The van der Waals surface area contributed by atoms with Crippen LogP contribution < -0.4 is 4.74 Å². The van der Waals surface area contributed by atoms with E-state index in [0.29, 0.717) is 22.6 Å². The first kappa shape index (κ1) is 14.5. The zero-order chi connectivity index (χ0) is 15.4. The van der Waals surface area contributed by atoms with E-state index in [0.717, 1.165) is 0 Å². The summed E-state index contributed by atoms with van der Waals surface area (Å²) in [6, 6.07) is 12.3. The molecule has 0 bridgehead atoms. The van der Waals surface area contributed by atoms with Crippen molar-refractivity contribution in [2.75, 3.05) is 0 Å². The quantitative estimate of drug-likeness (QED) is 0.686. The van der Waals surface area contributed by atoms with E-state index in [-0.39, 0.29) is 5.69 Å². The molecule has 1 atom stereocenters. The molecule has 6 heteroatoms. The van der Waals surface area contributed by atoms with Crippen molar-refractivity contribution in [3.63, 3.8) is 0 Å². The maximum Gasteiger partial charge on any atom is 0.269 e. The first-order valence-corrected chi connectivity index (χ1v) is 6.15. The molecule has 0 saturated heterocycles. The molecule has 0 radical (unpaired) electrons. The summed E-state index contributed by atoms with van der Waals surface area (Å²) in [7, 11) is 0. The number of aliphatic hydroxyl groups excluding tert-OH is 1. The van der Waals surface area contributed by atoms with Crippen molar-refractivity contribution in [1.29, 1.82) is 5.26 Å². The first-order valence-electron chi connectivity index (χ1n) is 6.15. The fourth-order valence-corrected chi connectivity index (χ4v) is 1.80. The van der Waals surface area contributed by atoms with Crippen LogP contribution in [-0.2, 0) is 0 Å². The molecule has 0 saturated carbocycles. The molecule has 0 aliphatic heterocycles. The number of nitro groups is 1. The Bertz CT molecular complexity index is 703. The van der Waals surface area contributed by atoms with Crippen LogP contribution in [0.3, 0.4) is 0 Å². The van der Waals surface area contributed by atoms with E-state index in [1.807, 2.05) is 6.07 Å². The van der Waals surface area contributed by atoms with Crippen molar-refractivity contribution in [1.82, 2.24) is 0 Å². The Morgan fingerprint density at radius 1 is 1.29 bits per heavy atom. The number of hydrogen-bond acceptors (Lipinski definition) is 5. The number of nitrogens with zero attached hydrogens (tertiary/aromatic N) is 2. The second-order valence-electron chi connectivity index (χ2n) is 4.39. The van der Waals surface area contributed by atoms with Crippen LogP contribution in [0.2, 0.25) is 0 Å². The van der Waals surface area contributed by atoms with Gasteiger partial charge in [-0.2, -0.15) is 5.26 Å². The molecule has 0 aliphatic carbocycles. The van der Waals surface area contributed by atoms with Gasteiger partial charge in [-0.1, -0.05) is 6.07 Å². The third kappa shape index (κ3) is 3.35. The Labute approximate surface area is 121 Å². The SMILES string of the molecule is C[C@@H](O)c1ccc(C#N)cc1Oc1ccc([N+](=O)[O-])cc1. The fraction of sp³-hybridized carbons (Fsp3) is 0.133. The van der Waals surface area contributed by atoms with Crippen LogP contribution in [0.15, 0.2) is 42.5 Å². The van der Waals surface area contributed by atoms with Gasteiger partial charge in [0.05, 0.1) is 22.7 Å². The molecule has 0 aromatic heterocycles. The van der Waals surface area contributed by atoms with E-state index in [1.165, 1.54) is 30.3 Å². The average molecular weight is 284 g/mol. The van der Waals surface area contributed by atoms with Gasteiger partial charge in [0.15, 0.2) is 0 Å². The maximum absolute atomic E-state index is 10.6. The largest absolute Gasteiger partial charge is 0.457 e. The number of nitro benzene ring substituents is 1. The highest BCUT2D eigenvalue weighted by Crippen LogP contribution is 2.31. The van der Waals surface area contributed by atoms with Gasteiger partial charge in [0.1, 0.15) is 11.5 Å². The molecule has 0 unspecified atom stereocenters. The van der Waals surface area contributed by atoms with Gasteiger partial charge in [0.2, 0.25) is 0 Å². The molecule has 2 rings (SSSR count). The van der Waals surface area contributed by atoms with Crippen LogP contribution in [-0.4, -0.2) is 10.0 Å². The predicted molar refractivity (Wildman–Crippen MR) is 75.0 cm³/mol. The Morgan fingerprint density at radius 3 is 2.48 bits per heavy atom. The smallest absolute Gasteiger partial charge is 0.269 e. The number of benzene rings is 2. The summed E-state index contributed by atoms with van der Waals surface area (Å²) in [5.41, 5.74) is 0.896. The van der Waals surface area contributed by atoms with Crippen LogP contribution in [0.1, 0.15) is 24.2 Å². The van der Waals surface area contributed by atoms with E-state index in [1.54, 1.807) is 19.1 Å². The molecule has 0 aliphatic rings. The lowest BCUT2D eigenvalue weighted by atomic mass is 10.1. The summed E-state index contributed by atoms with van der Waals surface area (Å²) in [4.78, 5) is 10.1. The minimum absolute atomic E-state index is 0.0381. The predicted octanol–water partition coefficient (Wildman–Crippen LogP) is 3.31. The zero-order valence-corrected chi connectivity index (χ0v) is 11.2. The monoisotopic (exact) mass is 284 g/mol. The van der Waals surface area contributed by atoms with Gasteiger partial charge in [-0.3, -0.25) is 10.1 Å². The molecular formula is C15H12N2O4. The van der Waals surface area contributed by atoms with Gasteiger partial charge in [-0.05, 0) is 31.2 Å². The Balaban J connectivity index is 2.33. The summed E-state index contributed by atoms with van der Waals surface area (Å²) < 4.78 is 5.61. The van der Waals surface area contributed by atoms with Gasteiger partial charge in [0, 0.05) is 17.7 Å². The van der Waals surface area contributed by atoms with Crippen molar-refractivity contribution in [2.45, 2.75) is 13.0 Å². The number of nitriles is 1. The second kappa shape index (κ2) is 6.03. The van der Waals surface area contributed by atoms with E-state index >= 15 is 0 Å². The minimum Gasteiger partial charge on any atom is -0.457 e. The van der Waals surface area contributed by atoms with E-state index in [2.05, 4.69) is 0 Å². The highest BCUT2D eigenvalue weighted by atomic mass is 16.6. The molecule has 21 heavy (non-hydrogen) atoms. The van der Waals surface area contributed by atoms with Gasteiger partial charge >= 0.3 is 0 Å². The topological polar surface area (TPSA) is 96.4 Å². The first-order chi connectivity index (χ1) is 10.0. The number of hydrogen-bond donors (Lipinski definition) is 1. The highest BCUT2D eigenvalue weighted by molar-refractivity contribution is 5.46. The minimum atomic E-state index is -0.759. The molecule has 1 N–H and O–H groups in total. The lowest BCUT2D eigenvalue weighted by Gasteiger charge is -2.13. The highest BCUT2D eigenvalue weighted by Gasteiger charge is 2.12. The Hall–Kier alpha value is -2.91. The van der Waals surface area contributed by atoms with Crippen LogP contribution in [0, 0.1) is 21.4 Å². The molecule has 106 valence electrons. The van der Waals surface area contributed by atoms with Crippen molar-refractivity contribution in [3.8, 4) is 17.6 Å². The lowest BCUT2D eigenvalue weighted by Crippen LogP contribution is -1.97. The molecule has 0 heterocycles. The number of aliphatic hydroxyl groups is 1. The molecule has 2 aromatic rings. The third-order valence-electron chi connectivity index (χ3n) is 2.87. The van der Waals surface area contributed by atoms with Gasteiger partial charge < -0.3 is 9.84 Å². The Kier molecular flexibility index (Phi) is 4.16. The second-order valence-corrected chi connectivity index (χ2v) is 4.39. The lowest BCUT2D eigenvalue weighted by molar-refractivity contribution is -0.384. The average Bonchev–Trinajstić information content (AvgIpc) is 2.47. The van der Waals surface area contributed by atoms with Gasteiger partial charge in [-0.25, -0.2) is 0 Å². The summed E-state index contributed by atoms with van der Waals surface area (Å²) >= 11 is 0. The molecule has 6 nitrogen and oxygen atoms in total. The number of non-ortho nitro benzene ring substituents is 1. The molecule has 0 fully saturated rings. The molecule has 0 amide bonds. The zero-order valence-electron chi connectivity index (χ0n) is 11.2. The van der Waals surface area contributed by atoms with Crippen LogP contribution in [0.5, 0.6) is 11.5 Å². The van der Waals surface area contributed by atoms with Gasteiger partial charge in [-0.15, -0.1) is 0 Å². The summed E-state index contributed by atoms with van der Waals surface area (Å²) in [6.07, 6.45) is -0.759. The van der Waals surface area contributed by atoms with Crippen LogP contribution >= 0.6 is 0 Å². The molecular weight excluding hydrogens is 272 g/mol. The van der Waals surface area contributed by atoms with Crippen molar-refractivity contribution in [3.05, 3.63) is 63.7 Å². The van der Waals surface area contributed by atoms with Crippen LogP contribution in [0.4, 0.5) is 5.69 Å².